The maximum Gasteiger partial charge on any atom is 0.331 e. The Morgan fingerprint density at radius 2 is 1.81 bits per heavy atom. The van der Waals surface area contributed by atoms with E-state index in [1.807, 2.05) is 0 Å². The van der Waals surface area contributed by atoms with Crippen LogP contribution < -0.4 is 10.6 Å². The summed E-state index contributed by atoms with van der Waals surface area (Å²) in [4.78, 5) is 34.9. The second-order valence-electron chi connectivity index (χ2n) is 5.62. The van der Waals surface area contributed by atoms with Gasteiger partial charge in [-0.15, -0.1) is 0 Å². The summed E-state index contributed by atoms with van der Waals surface area (Å²) in [6.45, 7) is 6.59. The van der Waals surface area contributed by atoms with Gasteiger partial charge in [-0.2, -0.15) is 0 Å². The molecule has 1 aliphatic rings. The van der Waals surface area contributed by atoms with Gasteiger partial charge in [0.15, 0.2) is 6.04 Å². The minimum atomic E-state index is -1.34. The van der Waals surface area contributed by atoms with Crippen molar-refractivity contribution in [2.24, 2.45) is 0 Å². The summed E-state index contributed by atoms with van der Waals surface area (Å²) < 4.78 is 4.58. The molecule has 7 heteroatoms. The van der Waals surface area contributed by atoms with Crippen molar-refractivity contribution in [1.29, 1.82) is 0 Å². The van der Waals surface area contributed by atoms with Gasteiger partial charge in [0.25, 0.3) is 0 Å². The van der Waals surface area contributed by atoms with Gasteiger partial charge in [0.2, 0.25) is 11.8 Å². The Hall–Kier alpha value is -1.37. The summed E-state index contributed by atoms with van der Waals surface area (Å²) in [5.41, 5.74) is 0. The van der Waals surface area contributed by atoms with Crippen molar-refractivity contribution in [3.8, 4) is 0 Å². The van der Waals surface area contributed by atoms with Gasteiger partial charge >= 0.3 is 5.97 Å². The zero-order valence-electron chi connectivity index (χ0n) is 13.3. The minimum Gasteiger partial charge on any atom is -0.467 e. The summed E-state index contributed by atoms with van der Waals surface area (Å²) in [7, 11) is -0.0798. The van der Waals surface area contributed by atoms with Crippen LogP contribution in [-0.4, -0.2) is 45.1 Å². The smallest absolute Gasteiger partial charge is 0.331 e. The largest absolute Gasteiger partial charge is 0.467 e. The zero-order valence-corrected chi connectivity index (χ0v) is 14.3. The molecule has 0 spiro atoms. The predicted molar refractivity (Wildman–Crippen MR) is 82.5 cm³/mol. The topological polar surface area (TPSA) is 84.5 Å². The molecule has 2 atom stereocenters. The van der Waals surface area contributed by atoms with Crippen LogP contribution in [0.5, 0.6) is 0 Å². The van der Waals surface area contributed by atoms with Gasteiger partial charge in [-0.3, -0.25) is 9.59 Å². The highest BCUT2D eigenvalue weighted by molar-refractivity contribution is 6.79. The Bertz CT molecular complexity index is 402. The number of carbonyl (C=O) groups excluding carboxylic acids is 3. The highest BCUT2D eigenvalue weighted by Crippen LogP contribution is 2.26. The highest BCUT2D eigenvalue weighted by Gasteiger charge is 2.45. The van der Waals surface area contributed by atoms with Gasteiger partial charge < -0.3 is 15.4 Å². The number of amides is 2. The van der Waals surface area contributed by atoms with Crippen LogP contribution in [0, 0.1) is 0 Å². The molecule has 0 bridgehead atoms. The SMILES string of the molecule is CC[Si](CC)(CC)CCC(=O)NC1C(=O)NC1C(=O)OC. The van der Waals surface area contributed by atoms with Crippen molar-refractivity contribution in [2.75, 3.05) is 7.11 Å². The van der Waals surface area contributed by atoms with Crippen LogP contribution in [0.2, 0.25) is 24.2 Å². The highest BCUT2D eigenvalue weighted by atomic mass is 28.3. The van der Waals surface area contributed by atoms with Gasteiger partial charge in [0, 0.05) is 6.42 Å². The molecule has 120 valence electrons. The fourth-order valence-corrected chi connectivity index (χ4v) is 6.08. The number of β-lactam (4-membered cyclic amide) rings is 1. The molecule has 1 saturated heterocycles. The minimum absolute atomic E-state index is 0.157. The molecule has 21 heavy (non-hydrogen) atoms. The fraction of sp³-hybridized carbons (Fsp3) is 0.786. The van der Waals surface area contributed by atoms with Crippen LogP contribution in [0.3, 0.4) is 0 Å². The Labute approximate surface area is 127 Å². The molecule has 2 unspecified atom stereocenters. The van der Waals surface area contributed by atoms with Crippen LogP contribution in [-0.2, 0) is 19.1 Å². The number of hydrogen-bond donors (Lipinski definition) is 2. The van der Waals surface area contributed by atoms with E-state index in [9.17, 15) is 14.4 Å². The number of nitrogens with one attached hydrogen (secondary N) is 2. The lowest BCUT2D eigenvalue weighted by Crippen LogP contribution is -2.72. The first-order valence-electron chi connectivity index (χ1n) is 7.60. The number of hydrogen-bond acceptors (Lipinski definition) is 4. The maximum absolute atomic E-state index is 12.0. The molecule has 0 aromatic carbocycles. The van der Waals surface area contributed by atoms with E-state index in [0.717, 1.165) is 6.04 Å². The number of methoxy groups -OCH3 is 1. The third kappa shape index (κ3) is 4.06. The van der Waals surface area contributed by atoms with E-state index in [2.05, 4.69) is 36.1 Å². The quantitative estimate of drug-likeness (QED) is 0.398. The number of carbonyl (C=O) groups is 3. The molecular formula is C14H26N2O4Si. The van der Waals surface area contributed by atoms with Crippen molar-refractivity contribution < 1.29 is 19.1 Å². The Kier molecular flexibility index (Phi) is 6.38. The lowest BCUT2D eigenvalue weighted by atomic mass is 9.99. The first-order valence-corrected chi connectivity index (χ1v) is 10.4. The normalized spacial score (nSPS) is 21.2. The van der Waals surface area contributed by atoms with Gasteiger partial charge in [-0.25, -0.2) is 4.79 Å². The second kappa shape index (κ2) is 7.58. The lowest BCUT2D eigenvalue weighted by molar-refractivity contribution is -0.153. The second-order valence-corrected chi connectivity index (χ2v) is 11.2. The molecule has 0 saturated carbocycles. The van der Waals surface area contributed by atoms with E-state index >= 15 is 0 Å². The van der Waals surface area contributed by atoms with Gasteiger partial charge in [0.1, 0.15) is 6.04 Å². The summed E-state index contributed by atoms with van der Waals surface area (Å²) in [5, 5.41) is 5.08. The lowest BCUT2D eigenvalue weighted by Gasteiger charge is -2.35. The van der Waals surface area contributed by atoms with Gasteiger partial charge in [-0.1, -0.05) is 38.9 Å². The van der Waals surface area contributed by atoms with Crippen molar-refractivity contribution in [3.05, 3.63) is 0 Å². The van der Waals surface area contributed by atoms with Crippen LogP contribution >= 0.6 is 0 Å². The van der Waals surface area contributed by atoms with Crippen molar-refractivity contribution in [2.45, 2.75) is 63.5 Å². The fourth-order valence-electron chi connectivity index (χ4n) is 2.76. The average Bonchev–Trinajstić information content (AvgIpc) is 2.51. The Morgan fingerprint density at radius 1 is 1.24 bits per heavy atom. The molecule has 0 radical (unpaired) electrons. The van der Waals surface area contributed by atoms with Crippen molar-refractivity contribution in [1.82, 2.24) is 10.6 Å². The third-order valence-corrected chi connectivity index (χ3v) is 10.6. The third-order valence-electron chi connectivity index (χ3n) is 4.82. The van der Waals surface area contributed by atoms with Crippen LogP contribution in [0.25, 0.3) is 0 Å². The van der Waals surface area contributed by atoms with Gasteiger partial charge in [-0.05, 0) is 6.04 Å². The molecule has 0 aromatic rings. The molecular weight excluding hydrogens is 288 g/mol. The number of ether oxygens (including phenoxy) is 1. The molecule has 0 aliphatic carbocycles. The van der Waals surface area contributed by atoms with Crippen LogP contribution in [0.1, 0.15) is 27.2 Å². The predicted octanol–water partition coefficient (Wildman–Crippen LogP) is 1.04. The summed E-state index contributed by atoms with van der Waals surface area (Å²) >= 11 is 0. The standard InChI is InChI=1S/C14H26N2O4Si/c1-5-21(6-2,7-3)9-8-10(17)15-11-12(14(19)20-4)16-13(11)18/h11-12H,5-9H2,1-4H3,(H,15,17)(H,16,18). The molecule has 0 aromatic heterocycles. The van der Waals surface area contributed by atoms with E-state index < -0.39 is 26.1 Å². The maximum atomic E-state index is 12.0. The zero-order chi connectivity index (χ0) is 16.0. The molecule has 1 fully saturated rings. The van der Waals surface area contributed by atoms with E-state index in [1.54, 1.807) is 0 Å². The van der Waals surface area contributed by atoms with E-state index in [4.69, 9.17) is 0 Å². The first kappa shape index (κ1) is 17.7. The molecule has 6 nitrogen and oxygen atoms in total. The monoisotopic (exact) mass is 314 g/mol. The molecule has 1 heterocycles. The number of rotatable bonds is 8. The van der Waals surface area contributed by atoms with Crippen LogP contribution in [0.15, 0.2) is 0 Å². The average molecular weight is 314 g/mol. The van der Waals surface area contributed by atoms with E-state index in [-0.39, 0.29) is 11.8 Å². The molecule has 1 rings (SSSR count). The van der Waals surface area contributed by atoms with Crippen LogP contribution in [0.4, 0.5) is 0 Å². The Morgan fingerprint density at radius 3 is 2.24 bits per heavy atom. The van der Waals surface area contributed by atoms with Crippen molar-refractivity contribution >= 4 is 25.9 Å². The molecule has 2 amide bonds. The summed E-state index contributed by atoms with van der Waals surface area (Å²) in [6.07, 6.45) is 0.430. The van der Waals surface area contributed by atoms with Gasteiger partial charge in [0.05, 0.1) is 15.2 Å². The number of esters is 1. The Balaban J connectivity index is 2.50. The first-order chi connectivity index (χ1) is 9.92. The van der Waals surface area contributed by atoms with E-state index in [0.29, 0.717) is 6.42 Å². The molecule has 1 aliphatic heterocycles. The molecule has 2 N–H and O–H groups in total. The van der Waals surface area contributed by atoms with E-state index in [1.165, 1.54) is 25.2 Å². The van der Waals surface area contributed by atoms with Crippen molar-refractivity contribution in [3.63, 3.8) is 0 Å². The summed E-state index contributed by atoms with van der Waals surface area (Å²) in [5.74, 6) is -1.01. The summed E-state index contributed by atoms with van der Waals surface area (Å²) in [6, 6.07) is 2.90.